The zero-order valence-electron chi connectivity index (χ0n) is 9.70. The van der Waals surface area contributed by atoms with Crippen molar-refractivity contribution in [1.82, 2.24) is 19.9 Å². The molecule has 0 atom stereocenters. The van der Waals surface area contributed by atoms with Crippen LogP contribution in [0.25, 0.3) is 11.4 Å². The smallest absolute Gasteiger partial charge is 0.248 e. The van der Waals surface area contributed by atoms with Crippen molar-refractivity contribution in [1.29, 1.82) is 0 Å². The molecule has 0 aliphatic heterocycles. The number of hydrogen-bond donors (Lipinski definition) is 2. The van der Waals surface area contributed by atoms with Crippen molar-refractivity contribution in [3.8, 4) is 11.4 Å². The SMILES string of the molecule is C.O=c1cccc(-c2csc(Nc3ncccn3)n2)[nH]1. The molecule has 20 heavy (non-hydrogen) atoms. The van der Waals surface area contributed by atoms with Crippen molar-refractivity contribution in [2.75, 3.05) is 5.32 Å². The highest BCUT2D eigenvalue weighted by Gasteiger charge is 2.06. The average molecular weight is 287 g/mol. The molecule has 0 amide bonds. The van der Waals surface area contributed by atoms with Crippen molar-refractivity contribution >= 4 is 22.4 Å². The summed E-state index contributed by atoms with van der Waals surface area (Å²) >= 11 is 1.42. The van der Waals surface area contributed by atoms with Crippen LogP contribution < -0.4 is 10.9 Å². The minimum absolute atomic E-state index is 0. The second kappa shape index (κ2) is 6.07. The Morgan fingerprint density at radius 3 is 2.70 bits per heavy atom. The highest BCUT2D eigenvalue weighted by molar-refractivity contribution is 7.14. The first-order chi connectivity index (χ1) is 9.31. The monoisotopic (exact) mass is 287 g/mol. The van der Waals surface area contributed by atoms with Crippen LogP contribution >= 0.6 is 11.3 Å². The van der Waals surface area contributed by atoms with Crippen LogP contribution in [0.15, 0.2) is 46.8 Å². The van der Waals surface area contributed by atoms with Crippen LogP contribution in [0.4, 0.5) is 11.1 Å². The molecule has 0 aromatic carbocycles. The van der Waals surface area contributed by atoms with Crippen LogP contribution in [0.1, 0.15) is 7.43 Å². The number of nitrogens with one attached hydrogen (secondary N) is 2. The number of aromatic nitrogens is 4. The Hall–Kier alpha value is -2.54. The molecule has 0 aliphatic rings. The molecule has 3 aromatic heterocycles. The number of H-pyrrole nitrogens is 1. The third-order valence-electron chi connectivity index (χ3n) is 2.33. The molecule has 0 saturated carbocycles. The van der Waals surface area contributed by atoms with Crippen LogP contribution in [0, 0.1) is 0 Å². The molecule has 6 nitrogen and oxygen atoms in total. The van der Waals surface area contributed by atoms with E-state index >= 15 is 0 Å². The number of rotatable bonds is 3. The molecule has 7 heteroatoms. The third-order valence-corrected chi connectivity index (χ3v) is 3.09. The maximum atomic E-state index is 11.2. The van der Waals surface area contributed by atoms with E-state index in [2.05, 4.69) is 25.3 Å². The van der Waals surface area contributed by atoms with Gasteiger partial charge in [-0.2, -0.15) is 0 Å². The van der Waals surface area contributed by atoms with Gasteiger partial charge in [-0.05, 0) is 12.1 Å². The topological polar surface area (TPSA) is 83.6 Å². The summed E-state index contributed by atoms with van der Waals surface area (Å²) in [6.07, 6.45) is 3.30. The standard InChI is InChI=1S/C12H9N5OS.CH4/c18-10-4-1-3-8(15-10)9-7-19-12(16-9)17-11-13-5-2-6-14-11;/h1-7H,(H,15,18)(H,13,14,16,17);1H4. The highest BCUT2D eigenvalue weighted by atomic mass is 32.1. The molecule has 2 N–H and O–H groups in total. The van der Waals surface area contributed by atoms with E-state index < -0.39 is 0 Å². The van der Waals surface area contributed by atoms with Gasteiger partial charge < -0.3 is 10.3 Å². The van der Waals surface area contributed by atoms with E-state index in [1.54, 1.807) is 30.6 Å². The fourth-order valence-electron chi connectivity index (χ4n) is 1.51. The Balaban J connectivity index is 0.00000147. The van der Waals surface area contributed by atoms with E-state index in [4.69, 9.17) is 0 Å². The molecule has 102 valence electrons. The number of anilines is 2. The molecule has 0 aliphatic carbocycles. The van der Waals surface area contributed by atoms with Crippen LogP contribution in [-0.4, -0.2) is 19.9 Å². The summed E-state index contributed by atoms with van der Waals surface area (Å²) in [5, 5.41) is 5.53. The minimum Gasteiger partial charge on any atom is -0.321 e. The van der Waals surface area contributed by atoms with Gasteiger partial charge >= 0.3 is 0 Å². The Morgan fingerprint density at radius 1 is 1.15 bits per heavy atom. The molecule has 3 rings (SSSR count). The maximum Gasteiger partial charge on any atom is 0.248 e. The van der Waals surface area contributed by atoms with Gasteiger partial charge in [-0.15, -0.1) is 11.3 Å². The zero-order chi connectivity index (χ0) is 13.1. The van der Waals surface area contributed by atoms with Gasteiger partial charge in [-0.1, -0.05) is 13.5 Å². The second-order valence-corrected chi connectivity index (χ2v) is 4.52. The summed E-state index contributed by atoms with van der Waals surface area (Å²) < 4.78 is 0. The van der Waals surface area contributed by atoms with Crippen LogP contribution in [-0.2, 0) is 0 Å². The van der Waals surface area contributed by atoms with Gasteiger partial charge in [0.05, 0.1) is 11.4 Å². The third kappa shape index (κ3) is 3.07. The molecule has 0 radical (unpaired) electrons. The Labute approximate surface area is 119 Å². The average Bonchev–Trinajstić information content (AvgIpc) is 2.88. The van der Waals surface area contributed by atoms with E-state index in [0.29, 0.717) is 22.5 Å². The van der Waals surface area contributed by atoms with E-state index in [-0.39, 0.29) is 13.0 Å². The molecule has 0 saturated heterocycles. The van der Waals surface area contributed by atoms with Gasteiger partial charge in [-0.3, -0.25) is 4.79 Å². The van der Waals surface area contributed by atoms with Gasteiger partial charge in [0.15, 0.2) is 5.13 Å². The minimum atomic E-state index is -0.147. The van der Waals surface area contributed by atoms with Gasteiger partial charge in [-0.25, -0.2) is 15.0 Å². The molecule has 3 aromatic rings. The highest BCUT2D eigenvalue weighted by Crippen LogP contribution is 2.24. The first-order valence-electron chi connectivity index (χ1n) is 5.50. The second-order valence-electron chi connectivity index (χ2n) is 3.66. The fraction of sp³-hybridized carbons (Fsp3) is 0.0769. The lowest BCUT2D eigenvalue weighted by molar-refractivity contribution is 1.16. The first kappa shape index (κ1) is 13.9. The lowest BCUT2D eigenvalue weighted by Crippen LogP contribution is -2.03. The summed E-state index contributed by atoms with van der Waals surface area (Å²) in [5.41, 5.74) is 1.25. The van der Waals surface area contributed by atoms with Crippen LogP contribution in [0.2, 0.25) is 0 Å². The van der Waals surface area contributed by atoms with Gasteiger partial charge in [0, 0.05) is 23.8 Å². The van der Waals surface area contributed by atoms with E-state index in [1.165, 1.54) is 17.4 Å². The molecular weight excluding hydrogens is 274 g/mol. The van der Waals surface area contributed by atoms with Crippen LogP contribution in [0.3, 0.4) is 0 Å². The van der Waals surface area contributed by atoms with Gasteiger partial charge in [0.25, 0.3) is 0 Å². The van der Waals surface area contributed by atoms with Crippen LogP contribution in [0.5, 0.6) is 0 Å². The number of hydrogen-bond acceptors (Lipinski definition) is 6. The molecule has 0 fully saturated rings. The lowest BCUT2D eigenvalue weighted by Gasteiger charge is -1.98. The lowest BCUT2D eigenvalue weighted by atomic mass is 10.3. The van der Waals surface area contributed by atoms with Crippen molar-refractivity contribution in [2.45, 2.75) is 7.43 Å². The Kier molecular flexibility index (Phi) is 4.21. The van der Waals surface area contributed by atoms with E-state index in [9.17, 15) is 4.79 Å². The van der Waals surface area contributed by atoms with E-state index in [0.717, 1.165) is 0 Å². The molecule has 0 spiro atoms. The predicted octanol–water partition coefficient (Wildman–Crippen LogP) is 2.67. The predicted molar refractivity (Wildman–Crippen MR) is 80.2 cm³/mol. The Morgan fingerprint density at radius 2 is 1.95 bits per heavy atom. The van der Waals surface area contributed by atoms with Gasteiger partial charge in [0.2, 0.25) is 11.5 Å². The van der Waals surface area contributed by atoms with Crippen molar-refractivity contribution in [2.24, 2.45) is 0 Å². The van der Waals surface area contributed by atoms with Crippen molar-refractivity contribution in [3.05, 3.63) is 52.4 Å². The molecule has 0 unspecified atom stereocenters. The quantitative estimate of drug-likeness (QED) is 0.773. The normalized spacial score (nSPS) is 9.80. The maximum absolute atomic E-state index is 11.2. The summed E-state index contributed by atoms with van der Waals surface area (Å²) in [6.45, 7) is 0. The molecular formula is C13H13N5OS. The summed E-state index contributed by atoms with van der Waals surface area (Å²) in [7, 11) is 0. The zero-order valence-corrected chi connectivity index (χ0v) is 10.5. The summed E-state index contributed by atoms with van der Waals surface area (Å²) in [6, 6.07) is 6.71. The molecule has 0 bridgehead atoms. The van der Waals surface area contributed by atoms with E-state index in [1.807, 2.05) is 5.38 Å². The fourth-order valence-corrected chi connectivity index (χ4v) is 2.22. The first-order valence-corrected chi connectivity index (χ1v) is 6.38. The number of pyridine rings is 1. The summed E-state index contributed by atoms with van der Waals surface area (Å²) in [5.74, 6) is 0.491. The van der Waals surface area contributed by atoms with Crippen molar-refractivity contribution in [3.63, 3.8) is 0 Å². The number of nitrogens with zero attached hydrogens (tertiary/aromatic N) is 3. The summed E-state index contributed by atoms with van der Waals surface area (Å²) in [4.78, 5) is 26.5. The molecule has 3 heterocycles. The van der Waals surface area contributed by atoms with Gasteiger partial charge in [0.1, 0.15) is 0 Å². The number of thiazole rings is 1. The largest absolute Gasteiger partial charge is 0.321 e. The Bertz CT molecular complexity index is 738. The number of aromatic amines is 1. The van der Waals surface area contributed by atoms with Crippen molar-refractivity contribution < 1.29 is 0 Å².